The van der Waals surface area contributed by atoms with Crippen molar-refractivity contribution >= 4 is 41.6 Å². The van der Waals surface area contributed by atoms with Crippen molar-refractivity contribution < 1.29 is 16.8 Å². The Balaban J connectivity index is 2.19. The zero-order valence-electron chi connectivity index (χ0n) is 9.61. The Hall–Kier alpha value is -1.07. The van der Waals surface area contributed by atoms with E-state index in [2.05, 4.69) is 9.71 Å². The van der Waals surface area contributed by atoms with Gasteiger partial charge in [0, 0.05) is 6.54 Å². The van der Waals surface area contributed by atoms with Crippen LogP contribution in [-0.4, -0.2) is 34.1 Å². The van der Waals surface area contributed by atoms with Crippen LogP contribution in [0.2, 0.25) is 0 Å². The van der Waals surface area contributed by atoms with E-state index in [0.29, 0.717) is 5.52 Å². The fraction of sp³-hybridized carbons (Fsp3) is 0.222. The van der Waals surface area contributed by atoms with E-state index in [4.69, 9.17) is 5.14 Å². The van der Waals surface area contributed by atoms with Gasteiger partial charge < -0.3 is 0 Å². The molecule has 0 aliphatic carbocycles. The molecule has 0 bridgehead atoms. The lowest BCUT2D eigenvalue weighted by Gasteiger charge is -2.05. The fourth-order valence-electron chi connectivity index (χ4n) is 1.40. The lowest BCUT2D eigenvalue weighted by Crippen LogP contribution is -2.31. The van der Waals surface area contributed by atoms with E-state index in [9.17, 15) is 16.8 Å². The van der Waals surface area contributed by atoms with E-state index < -0.39 is 25.8 Å². The summed E-state index contributed by atoms with van der Waals surface area (Å²) in [5, 5.41) is 4.79. The van der Waals surface area contributed by atoms with Crippen molar-refractivity contribution in [2.24, 2.45) is 5.14 Å². The molecule has 0 fully saturated rings. The summed E-state index contributed by atoms with van der Waals surface area (Å²) in [6.45, 7) is -0.262. The Morgan fingerprint density at radius 3 is 2.68 bits per heavy atom. The Morgan fingerprint density at radius 2 is 2.00 bits per heavy atom. The molecule has 2 aromatic rings. The van der Waals surface area contributed by atoms with Gasteiger partial charge in [-0.25, -0.2) is 31.7 Å². The third-order valence-corrected chi connectivity index (χ3v) is 5.32. The van der Waals surface area contributed by atoms with Crippen LogP contribution in [0.5, 0.6) is 0 Å². The standard InChI is InChI=1S/C9H11N3O4S3/c10-18(13,14)4-3-12-19(15,16)7-1-2-8-9(5-7)17-6-11-8/h1-2,5-6,12H,3-4H2,(H2,10,13,14). The second-order valence-corrected chi connectivity index (χ2v) is 8.13. The first-order chi connectivity index (χ1) is 8.78. The maximum atomic E-state index is 11.9. The Labute approximate surface area is 114 Å². The smallest absolute Gasteiger partial charge is 0.240 e. The highest BCUT2D eigenvalue weighted by atomic mass is 32.2. The zero-order chi connectivity index (χ0) is 14.1. The average Bonchev–Trinajstić information content (AvgIpc) is 2.73. The summed E-state index contributed by atoms with van der Waals surface area (Å²) in [7, 11) is -7.43. The van der Waals surface area contributed by atoms with Crippen LogP contribution in [0.4, 0.5) is 0 Å². The van der Waals surface area contributed by atoms with Crippen molar-refractivity contribution in [3.8, 4) is 0 Å². The summed E-state index contributed by atoms with van der Waals surface area (Å²) in [6, 6.07) is 4.51. The second-order valence-electron chi connectivity index (χ2n) is 3.75. The highest BCUT2D eigenvalue weighted by Gasteiger charge is 2.15. The largest absolute Gasteiger partial charge is 0.245 e. The molecule has 1 aromatic heterocycles. The number of nitrogens with two attached hydrogens (primary N) is 1. The normalized spacial score (nSPS) is 12.9. The molecule has 104 valence electrons. The van der Waals surface area contributed by atoms with Crippen LogP contribution < -0.4 is 9.86 Å². The van der Waals surface area contributed by atoms with Crippen LogP contribution in [0.15, 0.2) is 28.6 Å². The highest BCUT2D eigenvalue weighted by molar-refractivity contribution is 7.90. The first-order valence-corrected chi connectivity index (χ1v) is 9.19. The number of nitrogens with zero attached hydrogens (tertiary/aromatic N) is 1. The molecule has 2 rings (SSSR count). The van der Waals surface area contributed by atoms with Crippen LogP contribution in [0.3, 0.4) is 0 Å². The van der Waals surface area contributed by atoms with Crippen molar-refractivity contribution in [1.82, 2.24) is 9.71 Å². The molecule has 0 aliphatic rings. The lowest BCUT2D eigenvalue weighted by molar-refractivity contribution is 0.581. The molecule has 19 heavy (non-hydrogen) atoms. The summed E-state index contributed by atoms with van der Waals surface area (Å²) in [6.07, 6.45) is 0. The number of primary sulfonamides is 1. The first kappa shape index (κ1) is 14.3. The third-order valence-electron chi connectivity index (χ3n) is 2.29. The molecule has 1 heterocycles. The van der Waals surface area contributed by atoms with Gasteiger partial charge in [-0.1, -0.05) is 0 Å². The van der Waals surface area contributed by atoms with Gasteiger partial charge in [0.2, 0.25) is 20.0 Å². The predicted octanol–water partition coefficient (Wildman–Crippen LogP) is -0.137. The average molecular weight is 321 g/mol. The van der Waals surface area contributed by atoms with Gasteiger partial charge in [0.15, 0.2) is 0 Å². The number of nitrogens with one attached hydrogen (secondary N) is 1. The van der Waals surface area contributed by atoms with Crippen LogP contribution in [0.25, 0.3) is 10.2 Å². The SMILES string of the molecule is NS(=O)(=O)CCNS(=O)(=O)c1ccc2ncsc2c1. The van der Waals surface area contributed by atoms with Crippen LogP contribution in [0.1, 0.15) is 0 Å². The maximum absolute atomic E-state index is 11.9. The maximum Gasteiger partial charge on any atom is 0.240 e. The third kappa shape index (κ3) is 3.70. The van der Waals surface area contributed by atoms with Crippen molar-refractivity contribution in [3.63, 3.8) is 0 Å². The van der Waals surface area contributed by atoms with E-state index >= 15 is 0 Å². The summed E-state index contributed by atoms with van der Waals surface area (Å²) in [5.41, 5.74) is 2.34. The zero-order valence-corrected chi connectivity index (χ0v) is 12.1. The van der Waals surface area contributed by atoms with Crippen LogP contribution in [0, 0.1) is 0 Å². The number of rotatable bonds is 5. The van der Waals surface area contributed by atoms with E-state index in [-0.39, 0.29) is 11.4 Å². The predicted molar refractivity (Wildman–Crippen MR) is 72.8 cm³/mol. The van der Waals surface area contributed by atoms with Crippen LogP contribution in [-0.2, 0) is 20.0 Å². The minimum absolute atomic E-state index is 0.0682. The molecule has 10 heteroatoms. The second kappa shape index (κ2) is 5.13. The number of sulfonamides is 2. The summed E-state index contributed by atoms with van der Waals surface area (Å²) >= 11 is 1.33. The molecule has 0 atom stereocenters. The minimum Gasteiger partial charge on any atom is -0.245 e. The van der Waals surface area contributed by atoms with Gasteiger partial charge in [0.1, 0.15) is 0 Å². The van der Waals surface area contributed by atoms with E-state index in [1.165, 1.54) is 23.5 Å². The summed E-state index contributed by atoms with van der Waals surface area (Å²) < 4.78 is 48.2. The number of fused-ring (bicyclic) bond motifs is 1. The molecule has 0 amide bonds. The molecule has 0 spiro atoms. The molecule has 0 saturated carbocycles. The topological polar surface area (TPSA) is 119 Å². The molecule has 3 N–H and O–H groups in total. The molecule has 0 unspecified atom stereocenters. The molecular weight excluding hydrogens is 310 g/mol. The van der Waals surface area contributed by atoms with Gasteiger partial charge in [-0.3, -0.25) is 0 Å². The van der Waals surface area contributed by atoms with Crippen molar-refractivity contribution in [2.45, 2.75) is 4.90 Å². The van der Waals surface area contributed by atoms with Crippen LogP contribution >= 0.6 is 11.3 Å². The van der Waals surface area contributed by atoms with E-state index in [0.717, 1.165) is 4.70 Å². The van der Waals surface area contributed by atoms with Gasteiger partial charge in [0.25, 0.3) is 0 Å². The fourth-order valence-corrected chi connectivity index (χ4v) is 3.77. The minimum atomic E-state index is -3.74. The molecule has 7 nitrogen and oxygen atoms in total. The summed E-state index contributed by atoms with van der Waals surface area (Å²) in [4.78, 5) is 4.11. The van der Waals surface area contributed by atoms with Gasteiger partial charge in [-0.15, -0.1) is 11.3 Å². The highest BCUT2D eigenvalue weighted by Crippen LogP contribution is 2.21. The van der Waals surface area contributed by atoms with Crippen molar-refractivity contribution in [3.05, 3.63) is 23.7 Å². The van der Waals surface area contributed by atoms with Gasteiger partial charge in [0.05, 0.1) is 26.4 Å². The molecule has 0 radical (unpaired) electrons. The van der Waals surface area contributed by atoms with Gasteiger partial charge in [-0.2, -0.15) is 0 Å². The monoisotopic (exact) mass is 321 g/mol. The van der Waals surface area contributed by atoms with E-state index in [1.54, 1.807) is 11.6 Å². The Morgan fingerprint density at radius 1 is 1.26 bits per heavy atom. The summed E-state index contributed by atoms with van der Waals surface area (Å²) in [5.74, 6) is -0.449. The Kier molecular flexibility index (Phi) is 3.87. The van der Waals surface area contributed by atoms with Crippen molar-refractivity contribution in [2.75, 3.05) is 12.3 Å². The van der Waals surface area contributed by atoms with Gasteiger partial charge in [-0.05, 0) is 18.2 Å². The quantitative estimate of drug-likeness (QED) is 0.794. The molecule has 0 saturated heterocycles. The van der Waals surface area contributed by atoms with Crippen molar-refractivity contribution in [1.29, 1.82) is 0 Å². The van der Waals surface area contributed by atoms with E-state index in [1.807, 2.05) is 0 Å². The lowest BCUT2D eigenvalue weighted by atomic mass is 10.3. The molecule has 0 aliphatic heterocycles. The molecular formula is C9H11N3O4S3. The number of thiazole rings is 1. The number of hydrogen-bond donors (Lipinski definition) is 2. The first-order valence-electron chi connectivity index (χ1n) is 5.11. The number of benzene rings is 1. The van der Waals surface area contributed by atoms with Gasteiger partial charge >= 0.3 is 0 Å². The number of aromatic nitrogens is 1. The molecule has 1 aromatic carbocycles. The Bertz CT molecular complexity index is 795. The number of hydrogen-bond acceptors (Lipinski definition) is 6.